The van der Waals surface area contributed by atoms with Crippen LogP contribution in [0.25, 0.3) is 0 Å². The zero-order valence-electron chi connectivity index (χ0n) is 9.92. The molecule has 1 aromatic carbocycles. The number of nitrogens with one attached hydrogen (secondary N) is 1. The summed E-state index contributed by atoms with van der Waals surface area (Å²) in [6.45, 7) is 4.34. The van der Waals surface area contributed by atoms with E-state index in [1.807, 2.05) is 17.6 Å². The summed E-state index contributed by atoms with van der Waals surface area (Å²) in [7, 11) is 0. The van der Waals surface area contributed by atoms with Gasteiger partial charge in [0.1, 0.15) is 0 Å². The molecule has 2 rings (SSSR count). The van der Waals surface area contributed by atoms with Crippen molar-refractivity contribution >= 4 is 22.2 Å². The van der Waals surface area contributed by atoms with Crippen LogP contribution in [0.1, 0.15) is 28.2 Å². The molecule has 0 atom stereocenters. The Morgan fingerprint density at radius 2 is 2.00 bits per heavy atom. The van der Waals surface area contributed by atoms with E-state index in [1.54, 1.807) is 11.6 Å². The summed E-state index contributed by atoms with van der Waals surface area (Å²) in [5.41, 5.74) is 9.62. The van der Waals surface area contributed by atoms with Crippen LogP contribution in [-0.4, -0.2) is 10.2 Å². The Hall–Kier alpha value is -1.59. The van der Waals surface area contributed by atoms with Crippen LogP contribution in [-0.2, 0) is 0 Å². The second-order valence-electron chi connectivity index (χ2n) is 3.77. The van der Waals surface area contributed by atoms with Gasteiger partial charge in [-0.15, -0.1) is 11.3 Å². The molecule has 4 N–H and O–H groups in total. The van der Waals surface area contributed by atoms with Crippen LogP contribution in [0.3, 0.4) is 0 Å². The molecule has 1 heterocycles. The Balaban J connectivity index is 0. The third kappa shape index (κ3) is 4.84. The minimum absolute atomic E-state index is 0. The Kier molecular flexibility index (Phi) is 5.45. The van der Waals surface area contributed by atoms with Crippen molar-refractivity contribution in [1.82, 2.24) is 4.98 Å². The first-order chi connectivity index (χ1) is 8.13. The predicted molar refractivity (Wildman–Crippen MR) is 76.7 cm³/mol. The maximum absolute atomic E-state index is 8.12. The van der Waals surface area contributed by atoms with Crippen LogP contribution in [0.5, 0.6) is 0 Å². The van der Waals surface area contributed by atoms with Crippen LogP contribution in [0.15, 0.2) is 35.8 Å². The molecule has 17 heavy (non-hydrogen) atoms. The number of anilines is 2. The lowest BCUT2D eigenvalue weighted by molar-refractivity contribution is 0.388. The summed E-state index contributed by atoms with van der Waals surface area (Å²) in [5.74, 6) is 0.598. The number of rotatable bonds is 2. The van der Waals surface area contributed by atoms with Gasteiger partial charge in [0.25, 0.3) is 0 Å². The van der Waals surface area contributed by atoms with Gasteiger partial charge >= 0.3 is 0 Å². The molecule has 5 heteroatoms. The third-order valence-electron chi connectivity index (χ3n) is 2.13. The highest BCUT2D eigenvalue weighted by Gasteiger charge is 1.95. The lowest BCUT2D eigenvalue weighted by Crippen LogP contribution is -1.88. The lowest BCUT2D eigenvalue weighted by atomic mass is 10.0. The molecule has 0 aliphatic carbocycles. The number of hydrogen-bond acceptors (Lipinski definition) is 5. The van der Waals surface area contributed by atoms with Crippen molar-refractivity contribution in [1.29, 1.82) is 0 Å². The number of benzene rings is 1. The highest BCUT2D eigenvalue weighted by Crippen LogP contribution is 2.14. The summed E-state index contributed by atoms with van der Waals surface area (Å²) in [4.78, 5) is 3.69. The minimum Gasteiger partial charge on any atom is -0.399 e. The number of thiazole rings is 1. The fraction of sp³-hybridized carbons (Fsp3) is 0.250. The summed E-state index contributed by atoms with van der Waals surface area (Å²) in [5, 5.41) is 10.4. The number of nitrogens with zero attached hydrogens (tertiary/aromatic N) is 1. The molecular weight excluding hydrogens is 234 g/mol. The number of hydrogen-bond donors (Lipinski definition) is 3. The molecule has 96 valence electrons. The van der Waals surface area contributed by atoms with Gasteiger partial charge in [-0.1, -0.05) is 26.0 Å². The van der Waals surface area contributed by atoms with Crippen molar-refractivity contribution in [2.24, 2.45) is 0 Å². The van der Waals surface area contributed by atoms with Crippen LogP contribution >= 0.6 is 11.3 Å². The SMILES string of the molecule is CC(C)c1ccc(N)cc1.ONc1nccs1.[HH].[HH]. The van der Waals surface area contributed by atoms with E-state index in [-0.39, 0.29) is 2.85 Å². The van der Waals surface area contributed by atoms with Gasteiger partial charge in [-0.2, -0.15) is 0 Å². The first-order valence-corrected chi connectivity index (χ1v) is 6.16. The topological polar surface area (TPSA) is 71.2 Å². The van der Waals surface area contributed by atoms with E-state index < -0.39 is 0 Å². The molecule has 0 fully saturated rings. The Morgan fingerprint density at radius 3 is 2.35 bits per heavy atom. The van der Waals surface area contributed by atoms with Crippen LogP contribution < -0.4 is 11.2 Å². The monoisotopic (exact) mass is 255 g/mol. The van der Waals surface area contributed by atoms with Crippen molar-refractivity contribution in [3.8, 4) is 0 Å². The van der Waals surface area contributed by atoms with E-state index in [2.05, 4.69) is 31.0 Å². The number of nitrogens with two attached hydrogens (primary N) is 1. The van der Waals surface area contributed by atoms with Gasteiger partial charge < -0.3 is 5.73 Å². The zero-order chi connectivity index (χ0) is 12.7. The van der Waals surface area contributed by atoms with Gasteiger partial charge in [0.15, 0.2) is 0 Å². The van der Waals surface area contributed by atoms with Gasteiger partial charge in [0, 0.05) is 20.1 Å². The second kappa shape index (κ2) is 6.88. The molecule has 0 saturated heterocycles. The van der Waals surface area contributed by atoms with Crippen molar-refractivity contribution in [2.45, 2.75) is 19.8 Å². The summed E-state index contributed by atoms with van der Waals surface area (Å²) >= 11 is 1.35. The third-order valence-corrected chi connectivity index (χ3v) is 2.81. The Labute approximate surface area is 108 Å². The molecule has 2 aromatic rings. The fourth-order valence-corrected chi connectivity index (χ4v) is 1.58. The molecule has 0 unspecified atom stereocenters. The van der Waals surface area contributed by atoms with Gasteiger partial charge in [-0.05, 0) is 23.6 Å². The highest BCUT2D eigenvalue weighted by atomic mass is 32.1. The standard InChI is InChI=1S/C9H13N.C3H4N2OS.2H2/c1-7(2)8-3-5-9(10)6-4-8;6-5-3-4-1-2-7-3;;/h3-7H,10H2,1-2H3;1-2,6H,(H,4,5);2*1H. The Bertz CT molecular complexity index is 421. The highest BCUT2D eigenvalue weighted by molar-refractivity contribution is 7.13. The van der Waals surface area contributed by atoms with Gasteiger partial charge in [-0.3, -0.25) is 5.21 Å². The molecular formula is C12H21N3OS. The normalized spacial score (nSPS) is 9.65. The van der Waals surface area contributed by atoms with Gasteiger partial charge in [0.05, 0.1) is 0 Å². The molecule has 0 spiro atoms. The maximum atomic E-state index is 8.12. The van der Waals surface area contributed by atoms with Crippen LogP contribution in [0.4, 0.5) is 10.8 Å². The van der Waals surface area contributed by atoms with Crippen molar-refractivity contribution in [2.75, 3.05) is 11.2 Å². The number of aromatic nitrogens is 1. The summed E-state index contributed by atoms with van der Waals surface area (Å²) < 4.78 is 0. The molecule has 0 aliphatic rings. The summed E-state index contributed by atoms with van der Waals surface area (Å²) in [6.07, 6.45) is 1.61. The first kappa shape index (κ1) is 13.5. The number of nitrogen functional groups attached to an aromatic ring is 1. The van der Waals surface area contributed by atoms with E-state index in [0.29, 0.717) is 11.0 Å². The van der Waals surface area contributed by atoms with Crippen LogP contribution in [0, 0.1) is 0 Å². The smallest absolute Gasteiger partial charge is 0.206 e. The van der Waals surface area contributed by atoms with Crippen molar-refractivity contribution in [3.63, 3.8) is 0 Å². The molecule has 0 aliphatic heterocycles. The Morgan fingerprint density at radius 1 is 1.35 bits per heavy atom. The van der Waals surface area contributed by atoms with E-state index in [1.165, 1.54) is 16.9 Å². The van der Waals surface area contributed by atoms with Crippen LogP contribution in [0.2, 0.25) is 0 Å². The largest absolute Gasteiger partial charge is 0.399 e. The van der Waals surface area contributed by atoms with Gasteiger partial charge in [-0.25, -0.2) is 10.5 Å². The fourth-order valence-electron chi connectivity index (χ4n) is 1.16. The predicted octanol–water partition coefficient (Wildman–Crippen LogP) is 3.83. The lowest BCUT2D eigenvalue weighted by Gasteiger charge is -2.03. The second-order valence-corrected chi connectivity index (χ2v) is 4.66. The average Bonchev–Trinajstić information content (AvgIpc) is 2.83. The maximum Gasteiger partial charge on any atom is 0.206 e. The van der Waals surface area contributed by atoms with E-state index >= 15 is 0 Å². The molecule has 4 nitrogen and oxygen atoms in total. The van der Waals surface area contributed by atoms with E-state index in [0.717, 1.165) is 5.69 Å². The molecule has 0 radical (unpaired) electrons. The van der Waals surface area contributed by atoms with Crippen molar-refractivity contribution in [3.05, 3.63) is 41.4 Å². The molecule has 0 amide bonds. The quantitative estimate of drug-likeness (QED) is 0.563. The van der Waals surface area contributed by atoms with E-state index in [4.69, 9.17) is 10.9 Å². The van der Waals surface area contributed by atoms with Gasteiger partial charge in [0.2, 0.25) is 5.13 Å². The first-order valence-electron chi connectivity index (χ1n) is 5.28. The average molecular weight is 255 g/mol. The summed E-state index contributed by atoms with van der Waals surface area (Å²) in [6, 6.07) is 8.02. The zero-order valence-corrected chi connectivity index (χ0v) is 10.7. The molecule has 1 aromatic heterocycles. The molecule has 0 saturated carbocycles. The minimum atomic E-state index is 0. The molecule has 0 bridgehead atoms. The van der Waals surface area contributed by atoms with Crippen molar-refractivity contribution < 1.29 is 8.06 Å². The van der Waals surface area contributed by atoms with E-state index in [9.17, 15) is 0 Å².